The number of rotatable bonds is 6. The van der Waals surface area contributed by atoms with Gasteiger partial charge in [-0.2, -0.15) is 0 Å². The van der Waals surface area contributed by atoms with Gasteiger partial charge in [0.15, 0.2) is 0 Å². The van der Waals surface area contributed by atoms with Crippen molar-refractivity contribution in [2.24, 2.45) is 0 Å². The maximum atomic E-state index is 11.9. The summed E-state index contributed by atoms with van der Waals surface area (Å²) in [6, 6.07) is 3.09. The molecule has 1 amide bonds. The van der Waals surface area contributed by atoms with E-state index < -0.39 is 17.9 Å². The first-order valence-electron chi connectivity index (χ1n) is 5.98. The number of phenols is 2. The standard InChI is InChI=1S/C13H17NO5/c1-2-3-8(6-12(17)18)14-13(19)10-7-9(15)4-5-11(10)16/h4-5,7-8,15-16H,2-3,6H2,1H3,(H,14,19)(H,17,18). The third-order valence-corrected chi connectivity index (χ3v) is 2.62. The third kappa shape index (κ3) is 4.50. The molecule has 19 heavy (non-hydrogen) atoms. The Morgan fingerprint density at radius 1 is 1.32 bits per heavy atom. The molecule has 1 aromatic carbocycles. The van der Waals surface area contributed by atoms with Gasteiger partial charge in [-0.1, -0.05) is 13.3 Å². The molecule has 0 aliphatic carbocycles. The summed E-state index contributed by atoms with van der Waals surface area (Å²) in [5, 5.41) is 30.1. The Bertz CT molecular complexity index is 472. The number of aliphatic carboxylic acids is 1. The Kier molecular flexibility index (Phi) is 5.17. The molecule has 6 heteroatoms. The second-order valence-corrected chi connectivity index (χ2v) is 4.26. The van der Waals surface area contributed by atoms with Gasteiger partial charge in [-0.15, -0.1) is 0 Å². The maximum Gasteiger partial charge on any atom is 0.305 e. The van der Waals surface area contributed by atoms with Gasteiger partial charge in [0.05, 0.1) is 12.0 Å². The molecule has 4 N–H and O–H groups in total. The molecule has 0 fully saturated rings. The van der Waals surface area contributed by atoms with Crippen LogP contribution < -0.4 is 5.32 Å². The van der Waals surface area contributed by atoms with Crippen molar-refractivity contribution in [3.05, 3.63) is 23.8 Å². The zero-order chi connectivity index (χ0) is 14.4. The van der Waals surface area contributed by atoms with E-state index in [0.717, 1.165) is 12.5 Å². The predicted molar refractivity (Wildman–Crippen MR) is 68.2 cm³/mol. The van der Waals surface area contributed by atoms with Gasteiger partial charge in [-0.25, -0.2) is 0 Å². The van der Waals surface area contributed by atoms with Crippen molar-refractivity contribution in [1.82, 2.24) is 5.32 Å². The molecule has 1 rings (SSSR count). The van der Waals surface area contributed by atoms with Gasteiger partial charge in [-0.05, 0) is 24.6 Å². The number of nitrogens with one attached hydrogen (secondary N) is 1. The number of carboxylic acid groups (broad SMARTS) is 1. The van der Waals surface area contributed by atoms with Gasteiger partial charge in [0.25, 0.3) is 5.91 Å². The largest absolute Gasteiger partial charge is 0.508 e. The van der Waals surface area contributed by atoms with E-state index in [0.29, 0.717) is 6.42 Å². The molecule has 1 unspecified atom stereocenters. The van der Waals surface area contributed by atoms with Crippen LogP contribution in [-0.2, 0) is 4.79 Å². The highest BCUT2D eigenvalue weighted by Gasteiger charge is 2.18. The molecule has 0 bridgehead atoms. The maximum absolute atomic E-state index is 11.9. The van der Waals surface area contributed by atoms with Crippen LogP contribution >= 0.6 is 0 Å². The summed E-state index contributed by atoms with van der Waals surface area (Å²) in [7, 11) is 0. The van der Waals surface area contributed by atoms with Crippen LogP contribution in [0, 0.1) is 0 Å². The lowest BCUT2D eigenvalue weighted by atomic mass is 10.1. The van der Waals surface area contributed by atoms with E-state index in [2.05, 4.69) is 5.32 Å². The van der Waals surface area contributed by atoms with Crippen LogP contribution in [0.4, 0.5) is 0 Å². The minimum atomic E-state index is -1.00. The van der Waals surface area contributed by atoms with Crippen molar-refractivity contribution >= 4 is 11.9 Å². The molecule has 0 radical (unpaired) electrons. The average Bonchev–Trinajstić information content (AvgIpc) is 2.31. The lowest BCUT2D eigenvalue weighted by molar-refractivity contribution is -0.137. The van der Waals surface area contributed by atoms with Crippen molar-refractivity contribution < 1.29 is 24.9 Å². The fraction of sp³-hybridized carbons (Fsp3) is 0.385. The highest BCUT2D eigenvalue weighted by Crippen LogP contribution is 2.22. The third-order valence-electron chi connectivity index (χ3n) is 2.62. The van der Waals surface area contributed by atoms with Gasteiger partial charge < -0.3 is 20.6 Å². The smallest absolute Gasteiger partial charge is 0.305 e. The number of aromatic hydroxyl groups is 2. The van der Waals surface area contributed by atoms with Crippen molar-refractivity contribution in [2.45, 2.75) is 32.2 Å². The lowest BCUT2D eigenvalue weighted by Gasteiger charge is -2.16. The molecule has 0 spiro atoms. The summed E-state index contributed by atoms with van der Waals surface area (Å²) >= 11 is 0. The number of phenolic OH excluding ortho intramolecular Hbond substituents is 2. The van der Waals surface area contributed by atoms with Crippen LogP contribution in [0.2, 0.25) is 0 Å². The first kappa shape index (κ1) is 14.8. The highest BCUT2D eigenvalue weighted by atomic mass is 16.4. The molecule has 0 saturated carbocycles. The summed E-state index contributed by atoms with van der Waals surface area (Å²) < 4.78 is 0. The molecule has 0 aliphatic heterocycles. The molecule has 0 saturated heterocycles. The van der Waals surface area contributed by atoms with E-state index >= 15 is 0 Å². The van der Waals surface area contributed by atoms with Gasteiger partial charge >= 0.3 is 5.97 Å². The van der Waals surface area contributed by atoms with Crippen molar-refractivity contribution in [3.63, 3.8) is 0 Å². The Balaban J connectivity index is 2.81. The number of amides is 1. The zero-order valence-electron chi connectivity index (χ0n) is 10.6. The SMILES string of the molecule is CCCC(CC(=O)O)NC(=O)c1cc(O)ccc1O. The molecule has 0 heterocycles. The van der Waals surface area contributed by atoms with Crippen LogP contribution in [-0.4, -0.2) is 33.2 Å². The normalized spacial score (nSPS) is 11.8. The van der Waals surface area contributed by atoms with Crippen LogP contribution in [0.15, 0.2) is 18.2 Å². The summed E-state index contributed by atoms with van der Waals surface area (Å²) in [5.74, 6) is -2.01. The van der Waals surface area contributed by atoms with E-state index in [1.54, 1.807) is 0 Å². The van der Waals surface area contributed by atoms with E-state index in [9.17, 15) is 19.8 Å². The van der Waals surface area contributed by atoms with E-state index in [1.807, 2.05) is 6.92 Å². The molecular formula is C13H17NO5. The number of carboxylic acids is 1. The van der Waals surface area contributed by atoms with Crippen molar-refractivity contribution in [2.75, 3.05) is 0 Å². The van der Waals surface area contributed by atoms with Crippen LogP contribution in [0.3, 0.4) is 0 Å². The molecule has 1 atom stereocenters. The van der Waals surface area contributed by atoms with Crippen LogP contribution in [0.5, 0.6) is 11.5 Å². The quantitative estimate of drug-likeness (QED) is 0.584. The van der Waals surface area contributed by atoms with Crippen LogP contribution in [0.1, 0.15) is 36.5 Å². The number of hydrogen-bond acceptors (Lipinski definition) is 4. The average molecular weight is 267 g/mol. The Morgan fingerprint density at radius 3 is 2.58 bits per heavy atom. The minimum Gasteiger partial charge on any atom is -0.508 e. The van der Waals surface area contributed by atoms with E-state index in [4.69, 9.17) is 5.11 Å². The Morgan fingerprint density at radius 2 is 2.00 bits per heavy atom. The molecule has 104 valence electrons. The summed E-state index contributed by atoms with van der Waals surface area (Å²) in [4.78, 5) is 22.6. The number of carbonyl (C=O) groups excluding carboxylic acids is 1. The van der Waals surface area contributed by atoms with E-state index in [1.165, 1.54) is 12.1 Å². The Hall–Kier alpha value is -2.24. The molecule has 0 aromatic heterocycles. The topological polar surface area (TPSA) is 107 Å². The second-order valence-electron chi connectivity index (χ2n) is 4.26. The first-order chi connectivity index (χ1) is 8.93. The lowest BCUT2D eigenvalue weighted by Crippen LogP contribution is -2.36. The van der Waals surface area contributed by atoms with Gasteiger partial charge in [0.1, 0.15) is 11.5 Å². The fourth-order valence-corrected chi connectivity index (χ4v) is 1.75. The van der Waals surface area contributed by atoms with Gasteiger partial charge in [0, 0.05) is 6.04 Å². The van der Waals surface area contributed by atoms with Crippen molar-refractivity contribution in [1.29, 1.82) is 0 Å². The molecule has 0 aliphatic rings. The first-order valence-corrected chi connectivity index (χ1v) is 5.98. The minimum absolute atomic E-state index is 0.0773. The number of benzene rings is 1. The molecule has 6 nitrogen and oxygen atoms in total. The predicted octanol–water partition coefficient (Wildman–Crippen LogP) is 1.47. The Labute approximate surface area is 110 Å². The van der Waals surface area contributed by atoms with E-state index in [-0.39, 0.29) is 23.5 Å². The molecular weight excluding hydrogens is 250 g/mol. The van der Waals surface area contributed by atoms with Gasteiger partial charge in [-0.3, -0.25) is 9.59 Å². The second kappa shape index (κ2) is 6.63. The van der Waals surface area contributed by atoms with Crippen LogP contribution in [0.25, 0.3) is 0 Å². The summed E-state index contributed by atoms with van der Waals surface area (Å²) in [6.07, 6.45) is 1.07. The number of hydrogen-bond donors (Lipinski definition) is 4. The molecule has 1 aromatic rings. The summed E-state index contributed by atoms with van der Waals surface area (Å²) in [5.41, 5.74) is -0.0773. The number of carbonyl (C=O) groups is 2. The highest BCUT2D eigenvalue weighted by molar-refractivity contribution is 5.97. The van der Waals surface area contributed by atoms with Gasteiger partial charge in [0.2, 0.25) is 0 Å². The fourth-order valence-electron chi connectivity index (χ4n) is 1.75. The monoisotopic (exact) mass is 267 g/mol. The summed E-state index contributed by atoms with van der Waals surface area (Å²) in [6.45, 7) is 1.88. The van der Waals surface area contributed by atoms with Crippen molar-refractivity contribution in [3.8, 4) is 11.5 Å². The zero-order valence-corrected chi connectivity index (χ0v) is 10.6.